The Morgan fingerprint density at radius 3 is 2.75 bits per heavy atom. The van der Waals surface area contributed by atoms with Gasteiger partial charge in [0.2, 0.25) is 5.91 Å². The van der Waals surface area contributed by atoms with Gasteiger partial charge < -0.3 is 14.4 Å². The van der Waals surface area contributed by atoms with Gasteiger partial charge >= 0.3 is 0 Å². The van der Waals surface area contributed by atoms with Crippen molar-refractivity contribution in [1.29, 1.82) is 0 Å². The average Bonchev–Trinajstić information content (AvgIpc) is 2.50. The first-order valence-electron chi connectivity index (χ1n) is 7.26. The van der Waals surface area contributed by atoms with Gasteiger partial charge in [0.1, 0.15) is 11.5 Å². The predicted molar refractivity (Wildman–Crippen MR) is 79.7 cm³/mol. The zero-order valence-electron chi connectivity index (χ0n) is 12.6. The number of nitrogens with zero attached hydrogens (tertiary/aromatic N) is 1. The largest absolute Gasteiger partial charge is 0.497 e. The highest BCUT2D eigenvalue weighted by Gasteiger charge is 2.25. The lowest BCUT2D eigenvalue weighted by Crippen LogP contribution is -2.35. The number of hydrogen-bond acceptors (Lipinski definition) is 3. The molecular weight excluding hydrogens is 254 g/mol. The summed E-state index contributed by atoms with van der Waals surface area (Å²) in [7, 11) is 3.29. The van der Waals surface area contributed by atoms with Crippen LogP contribution in [0.1, 0.15) is 38.2 Å². The van der Waals surface area contributed by atoms with Crippen molar-refractivity contribution in [2.24, 2.45) is 0 Å². The number of unbranched alkanes of at least 4 members (excludes halogenated alkanes) is 1. The maximum Gasteiger partial charge on any atom is 0.226 e. The van der Waals surface area contributed by atoms with E-state index in [1.807, 2.05) is 17.0 Å². The highest BCUT2D eigenvalue weighted by atomic mass is 16.5. The molecule has 0 aliphatic carbocycles. The van der Waals surface area contributed by atoms with Gasteiger partial charge in [0.05, 0.1) is 19.9 Å². The van der Waals surface area contributed by atoms with E-state index in [2.05, 4.69) is 6.92 Å². The topological polar surface area (TPSA) is 38.8 Å². The van der Waals surface area contributed by atoms with Crippen molar-refractivity contribution in [2.45, 2.75) is 39.0 Å². The molecule has 4 heteroatoms. The summed E-state index contributed by atoms with van der Waals surface area (Å²) in [5.74, 6) is 1.74. The molecule has 0 saturated heterocycles. The van der Waals surface area contributed by atoms with E-state index >= 15 is 0 Å². The Hall–Kier alpha value is -1.71. The maximum absolute atomic E-state index is 12.4. The Balaban J connectivity index is 2.35. The Labute approximate surface area is 120 Å². The van der Waals surface area contributed by atoms with Gasteiger partial charge in [0, 0.05) is 30.7 Å². The summed E-state index contributed by atoms with van der Waals surface area (Å²) in [5, 5.41) is 0. The first-order valence-corrected chi connectivity index (χ1v) is 7.26. The van der Waals surface area contributed by atoms with Gasteiger partial charge in [0.15, 0.2) is 0 Å². The van der Waals surface area contributed by atoms with Gasteiger partial charge in [-0.1, -0.05) is 13.3 Å². The molecule has 1 amide bonds. The van der Waals surface area contributed by atoms with E-state index in [0.717, 1.165) is 55.0 Å². The Morgan fingerprint density at radius 1 is 1.30 bits per heavy atom. The normalized spacial score (nSPS) is 13.8. The summed E-state index contributed by atoms with van der Waals surface area (Å²) in [6, 6.07) is 3.83. The molecule has 0 spiro atoms. The van der Waals surface area contributed by atoms with E-state index in [4.69, 9.17) is 9.47 Å². The average molecular weight is 277 g/mol. The van der Waals surface area contributed by atoms with Crippen molar-refractivity contribution in [3.05, 3.63) is 17.7 Å². The van der Waals surface area contributed by atoms with E-state index < -0.39 is 0 Å². The van der Waals surface area contributed by atoms with Crippen LogP contribution in [-0.2, 0) is 11.2 Å². The summed E-state index contributed by atoms with van der Waals surface area (Å²) in [6.45, 7) is 2.88. The molecular formula is C16H23NO3. The minimum atomic E-state index is 0.197. The molecule has 0 radical (unpaired) electrons. The van der Waals surface area contributed by atoms with Gasteiger partial charge in [-0.05, 0) is 19.3 Å². The second-order valence-corrected chi connectivity index (χ2v) is 5.08. The van der Waals surface area contributed by atoms with Crippen LogP contribution in [0.3, 0.4) is 0 Å². The number of carbonyl (C=O) groups is 1. The number of benzene rings is 1. The molecule has 1 aliphatic heterocycles. The summed E-state index contributed by atoms with van der Waals surface area (Å²) < 4.78 is 10.8. The van der Waals surface area contributed by atoms with Crippen molar-refractivity contribution in [3.8, 4) is 11.5 Å². The Morgan fingerprint density at radius 2 is 2.10 bits per heavy atom. The lowest BCUT2D eigenvalue weighted by atomic mass is 9.99. The molecule has 1 aliphatic rings. The zero-order valence-corrected chi connectivity index (χ0v) is 12.6. The van der Waals surface area contributed by atoms with Crippen LogP contribution in [0.15, 0.2) is 12.1 Å². The number of ether oxygens (including phenoxy) is 2. The monoisotopic (exact) mass is 277 g/mol. The Bertz CT molecular complexity index is 485. The molecule has 0 atom stereocenters. The molecule has 20 heavy (non-hydrogen) atoms. The number of methoxy groups -OCH3 is 2. The van der Waals surface area contributed by atoms with E-state index in [-0.39, 0.29) is 5.91 Å². The van der Waals surface area contributed by atoms with Crippen LogP contribution in [0.5, 0.6) is 11.5 Å². The van der Waals surface area contributed by atoms with Crippen LogP contribution >= 0.6 is 0 Å². The summed E-state index contributed by atoms with van der Waals surface area (Å²) in [5.41, 5.74) is 2.07. The highest BCUT2D eigenvalue weighted by Crippen LogP contribution is 2.38. The third kappa shape index (κ3) is 2.89. The second kappa shape index (κ2) is 6.64. The van der Waals surface area contributed by atoms with E-state index in [9.17, 15) is 4.79 Å². The van der Waals surface area contributed by atoms with Gasteiger partial charge in [-0.2, -0.15) is 0 Å². The molecule has 110 valence electrons. The fourth-order valence-corrected chi connectivity index (χ4v) is 2.65. The van der Waals surface area contributed by atoms with Gasteiger partial charge in [0.25, 0.3) is 0 Å². The third-order valence-electron chi connectivity index (χ3n) is 3.76. The molecule has 0 saturated carbocycles. The number of rotatable bonds is 5. The van der Waals surface area contributed by atoms with E-state index in [1.165, 1.54) is 0 Å². The van der Waals surface area contributed by atoms with Crippen LogP contribution in [0, 0.1) is 0 Å². The van der Waals surface area contributed by atoms with Crippen molar-refractivity contribution in [3.63, 3.8) is 0 Å². The van der Waals surface area contributed by atoms with Gasteiger partial charge in [-0.15, -0.1) is 0 Å². The minimum absolute atomic E-state index is 0.197. The molecule has 1 heterocycles. The predicted octanol–water partition coefficient (Wildman–Crippen LogP) is 3.17. The van der Waals surface area contributed by atoms with Crippen LogP contribution in [-0.4, -0.2) is 26.7 Å². The van der Waals surface area contributed by atoms with E-state index in [1.54, 1.807) is 14.2 Å². The van der Waals surface area contributed by atoms with Crippen molar-refractivity contribution in [1.82, 2.24) is 0 Å². The first kappa shape index (κ1) is 14.7. The molecule has 0 aromatic heterocycles. The standard InChI is InChI=1S/C16H23NO3/c1-4-5-8-16(18)17-9-6-7-13-14(17)10-12(19-2)11-15(13)20-3/h10-11H,4-9H2,1-3H3. The number of fused-ring (bicyclic) bond motifs is 1. The summed E-state index contributed by atoms with van der Waals surface area (Å²) in [4.78, 5) is 14.3. The molecule has 0 N–H and O–H groups in total. The highest BCUT2D eigenvalue weighted by molar-refractivity contribution is 5.95. The summed E-state index contributed by atoms with van der Waals surface area (Å²) >= 11 is 0. The number of amides is 1. The smallest absolute Gasteiger partial charge is 0.226 e. The van der Waals surface area contributed by atoms with Crippen LogP contribution in [0.4, 0.5) is 5.69 Å². The quantitative estimate of drug-likeness (QED) is 0.829. The maximum atomic E-state index is 12.4. The fourth-order valence-electron chi connectivity index (χ4n) is 2.65. The van der Waals surface area contributed by atoms with Crippen LogP contribution < -0.4 is 14.4 Å². The first-order chi connectivity index (χ1) is 9.71. The van der Waals surface area contributed by atoms with Crippen molar-refractivity contribution < 1.29 is 14.3 Å². The number of anilines is 1. The molecule has 1 aromatic carbocycles. The fraction of sp³-hybridized carbons (Fsp3) is 0.562. The zero-order chi connectivity index (χ0) is 14.5. The minimum Gasteiger partial charge on any atom is -0.497 e. The lowest BCUT2D eigenvalue weighted by Gasteiger charge is -2.31. The van der Waals surface area contributed by atoms with Gasteiger partial charge in [-0.3, -0.25) is 4.79 Å². The van der Waals surface area contributed by atoms with Crippen molar-refractivity contribution >= 4 is 11.6 Å². The number of hydrogen-bond donors (Lipinski definition) is 0. The number of carbonyl (C=O) groups excluding carboxylic acids is 1. The summed E-state index contributed by atoms with van der Waals surface area (Å²) in [6.07, 6.45) is 4.50. The molecule has 1 aromatic rings. The Kier molecular flexibility index (Phi) is 4.88. The molecule has 4 nitrogen and oxygen atoms in total. The van der Waals surface area contributed by atoms with E-state index in [0.29, 0.717) is 6.42 Å². The second-order valence-electron chi connectivity index (χ2n) is 5.08. The lowest BCUT2D eigenvalue weighted by molar-refractivity contribution is -0.118. The molecule has 2 rings (SSSR count). The molecule has 0 unspecified atom stereocenters. The molecule has 0 bridgehead atoms. The SMILES string of the molecule is CCCCC(=O)N1CCCc2c(OC)cc(OC)cc21. The van der Waals surface area contributed by atoms with Gasteiger partial charge in [-0.25, -0.2) is 0 Å². The van der Waals surface area contributed by atoms with Crippen LogP contribution in [0.2, 0.25) is 0 Å². The van der Waals surface area contributed by atoms with Crippen molar-refractivity contribution in [2.75, 3.05) is 25.7 Å². The third-order valence-corrected chi connectivity index (χ3v) is 3.76. The van der Waals surface area contributed by atoms with Crippen LogP contribution in [0.25, 0.3) is 0 Å². The molecule has 0 fully saturated rings.